The summed E-state index contributed by atoms with van der Waals surface area (Å²) >= 11 is 0. The first kappa shape index (κ1) is 26.8. The minimum Gasteiger partial charge on any atom is -0.493 e. The number of ether oxygens (including phenoxy) is 3. The fourth-order valence-electron chi connectivity index (χ4n) is 5.12. The van der Waals surface area contributed by atoms with E-state index in [1.807, 2.05) is 36.5 Å². The number of furan rings is 1. The van der Waals surface area contributed by atoms with E-state index in [1.165, 1.54) is 16.7 Å². The van der Waals surface area contributed by atoms with Crippen molar-refractivity contribution >= 4 is 11.6 Å². The lowest BCUT2D eigenvalue weighted by Crippen LogP contribution is -2.30. The van der Waals surface area contributed by atoms with Gasteiger partial charge in [-0.15, -0.1) is 5.10 Å². The topological polar surface area (TPSA) is 99.2 Å². The predicted molar refractivity (Wildman–Crippen MR) is 155 cm³/mol. The summed E-state index contributed by atoms with van der Waals surface area (Å²) in [5.41, 5.74) is 5.45. The third kappa shape index (κ3) is 6.03. The maximum atomic E-state index is 5.83. The van der Waals surface area contributed by atoms with Crippen LogP contribution in [0.3, 0.4) is 0 Å². The highest BCUT2D eigenvalue weighted by Gasteiger charge is 2.22. The highest BCUT2D eigenvalue weighted by molar-refractivity contribution is 5.58. The van der Waals surface area contributed by atoms with Crippen LogP contribution in [0.25, 0.3) is 17.2 Å². The average molecular weight is 555 g/mol. The summed E-state index contributed by atoms with van der Waals surface area (Å²) in [6.07, 6.45) is 5.28. The maximum absolute atomic E-state index is 5.83. The summed E-state index contributed by atoms with van der Waals surface area (Å²) < 4.78 is 24.2. The van der Waals surface area contributed by atoms with Gasteiger partial charge in [0.1, 0.15) is 0 Å². The molecule has 0 radical (unpaired) electrons. The van der Waals surface area contributed by atoms with Gasteiger partial charge in [-0.25, -0.2) is 9.97 Å². The van der Waals surface area contributed by atoms with Gasteiger partial charge in [-0.05, 0) is 53.8 Å². The molecule has 0 fully saturated rings. The van der Waals surface area contributed by atoms with Gasteiger partial charge in [0.15, 0.2) is 22.9 Å². The normalized spacial score (nSPS) is 13.3. The van der Waals surface area contributed by atoms with Gasteiger partial charge in [0, 0.05) is 44.5 Å². The monoisotopic (exact) mass is 554 g/mol. The molecule has 6 rings (SSSR count). The van der Waals surface area contributed by atoms with Gasteiger partial charge in [-0.1, -0.05) is 30.3 Å². The SMILES string of the molecule is COc1cc2c(cc1OC)CN(Cc1cnc(NCCCOCc3ccccc3)n3nc(-c4ccco4)nc13)CC2. The molecule has 0 spiro atoms. The molecule has 0 bridgehead atoms. The van der Waals surface area contributed by atoms with Crippen LogP contribution >= 0.6 is 0 Å². The molecule has 1 N–H and O–H groups in total. The summed E-state index contributed by atoms with van der Waals surface area (Å²) in [5.74, 6) is 3.30. The molecule has 0 atom stereocenters. The molecule has 41 heavy (non-hydrogen) atoms. The Morgan fingerprint density at radius 1 is 1.00 bits per heavy atom. The minimum absolute atomic E-state index is 0.527. The Kier molecular flexibility index (Phi) is 8.11. The maximum Gasteiger partial charge on any atom is 0.225 e. The summed E-state index contributed by atoms with van der Waals surface area (Å²) in [5, 5.41) is 8.16. The van der Waals surface area contributed by atoms with Crippen LogP contribution in [0.1, 0.15) is 28.7 Å². The molecule has 212 valence electrons. The fraction of sp³-hybridized carbons (Fsp3) is 0.323. The van der Waals surface area contributed by atoms with E-state index >= 15 is 0 Å². The number of hydrogen-bond donors (Lipinski definition) is 1. The van der Waals surface area contributed by atoms with E-state index in [9.17, 15) is 0 Å². The van der Waals surface area contributed by atoms with Crippen LogP contribution in [0.2, 0.25) is 0 Å². The van der Waals surface area contributed by atoms with Gasteiger partial charge in [0.2, 0.25) is 11.8 Å². The summed E-state index contributed by atoms with van der Waals surface area (Å²) in [7, 11) is 3.34. The van der Waals surface area contributed by atoms with Crippen molar-refractivity contribution < 1.29 is 18.6 Å². The minimum atomic E-state index is 0.527. The molecule has 5 aromatic rings. The molecule has 2 aromatic carbocycles. The Hall–Kier alpha value is -4.41. The number of rotatable bonds is 12. The van der Waals surface area contributed by atoms with Crippen molar-refractivity contribution in [3.8, 4) is 23.1 Å². The lowest BCUT2D eigenvalue weighted by molar-refractivity contribution is 0.120. The van der Waals surface area contributed by atoms with E-state index in [4.69, 9.17) is 33.7 Å². The van der Waals surface area contributed by atoms with Crippen LogP contribution in [-0.4, -0.2) is 58.4 Å². The van der Waals surface area contributed by atoms with Crippen LogP contribution < -0.4 is 14.8 Å². The van der Waals surface area contributed by atoms with Crippen LogP contribution in [0, 0.1) is 0 Å². The van der Waals surface area contributed by atoms with E-state index in [1.54, 1.807) is 25.0 Å². The standard InChI is InChI=1S/C31H34N6O4/c1-38-27-16-23-11-13-36(19-24(23)17-28(27)39-2)20-25-18-33-31(32-12-7-14-40-21-22-8-4-3-5-9-22)37-30(25)34-29(35-37)26-10-6-15-41-26/h3-6,8-10,15-18H,7,11-14,19-21H2,1-2H3,(H,32,33). The molecule has 0 unspecified atom stereocenters. The fourth-order valence-corrected chi connectivity index (χ4v) is 5.12. The van der Waals surface area contributed by atoms with Gasteiger partial charge >= 0.3 is 0 Å². The third-order valence-electron chi connectivity index (χ3n) is 7.23. The van der Waals surface area contributed by atoms with Crippen molar-refractivity contribution in [2.45, 2.75) is 32.5 Å². The number of benzene rings is 2. The smallest absolute Gasteiger partial charge is 0.225 e. The first-order chi connectivity index (χ1) is 20.2. The molecular formula is C31H34N6O4. The molecule has 10 nitrogen and oxygen atoms in total. The highest BCUT2D eigenvalue weighted by atomic mass is 16.5. The first-order valence-corrected chi connectivity index (χ1v) is 13.8. The molecular weight excluding hydrogens is 520 g/mol. The van der Waals surface area contributed by atoms with E-state index in [2.05, 4.69) is 34.5 Å². The van der Waals surface area contributed by atoms with Crippen molar-refractivity contribution in [2.24, 2.45) is 0 Å². The van der Waals surface area contributed by atoms with E-state index in [-0.39, 0.29) is 0 Å². The zero-order chi connectivity index (χ0) is 28.0. The predicted octanol–water partition coefficient (Wildman–Crippen LogP) is 4.98. The van der Waals surface area contributed by atoms with Crippen LogP contribution in [0.15, 0.2) is 71.5 Å². The highest BCUT2D eigenvalue weighted by Crippen LogP contribution is 2.34. The number of hydrogen-bond acceptors (Lipinski definition) is 9. The molecule has 0 saturated carbocycles. The third-order valence-corrected chi connectivity index (χ3v) is 7.23. The number of methoxy groups -OCH3 is 2. The average Bonchev–Trinajstić information content (AvgIpc) is 3.71. The van der Waals surface area contributed by atoms with Crippen molar-refractivity contribution in [3.63, 3.8) is 0 Å². The van der Waals surface area contributed by atoms with E-state index in [0.717, 1.165) is 48.6 Å². The van der Waals surface area contributed by atoms with Crippen LogP contribution in [0.5, 0.6) is 11.5 Å². The molecule has 1 aliphatic rings. The number of fused-ring (bicyclic) bond motifs is 2. The Labute approximate surface area is 238 Å². The number of nitrogens with one attached hydrogen (secondary N) is 1. The Morgan fingerprint density at radius 2 is 1.83 bits per heavy atom. The van der Waals surface area contributed by atoms with E-state index < -0.39 is 0 Å². The first-order valence-electron chi connectivity index (χ1n) is 13.8. The zero-order valence-electron chi connectivity index (χ0n) is 23.4. The summed E-state index contributed by atoms with van der Waals surface area (Å²) in [6.45, 7) is 4.34. The zero-order valence-corrected chi connectivity index (χ0v) is 23.4. The lowest BCUT2D eigenvalue weighted by Gasteiger charge is -2.29. The molecule has 0 aliphatic carbocycles. The summed E-state index contributed by atoms with van der Waals surface area (Å²) in [6, 6.07) is 18.1. The number of aromatic nitrogens is 4. The van der Waals surface area contributed by atoms with Gasteiger partial charge in [0.05, 0.1) is 27.1 Å². The van der Waals surface area contributed by atoms with Crippen LogP contribution in [-0.2, 0) is 30.9 Å². The molecule has 3 aromatic heterocycles. The molecule has 0 saturated heterocycles. The summed E-state index contributed by atoms with van der Waals surface area (Å²) in [4.78, 5) is 12.0. The second-order valence-electron chi connectivity index (χ2n) is 10.0. The van der Waals surface area contributed by atoms with Crippen molar-refractivity contribution in [3.05, 3.63) is 89.3 Å². The number of nitrogens with zero attached hydrogens (tertiary/aromatic N) is 5. The van der Waals surface area contributed by atoms with Gasteiger partial charge in [0.25, 0.3) is 0 Å². The quantitative estimate of drug-likeness (QED) is 0.214. The Morgan fingerprint density at radius 3 is 2.61 bits per heavy atom. The van der Waals surface area contributed by atoms with E-state index in [0.29, 0.717) is 43.8 Å². The van der Waals surface area contributed by atoms with Crippen molar-refractivity contribution in [1.82, 2.24) is 24.5 Å². The van der Waals surface area contributed by atoms with Gasteiger partial charge in [-0.3, -0.25) is 4.90 Å². The molecule has 10 heteroatoms. The number of anilines is 1. The van der Waals surface area contributed by atoms with Crippen molar-refractivity contribution in [1.29, 1.82) is 0 Å². The Balaban J connectivity index is 1.16. The molecule has 0 amide bonds. The molecule has 4 heterocycles. The largest absolute Gasteiger partial charge is 0.493 e. The van der Waals surface area contributed by atoms with Crippen LogP contribution in [0.4, 0.5) is 5.95 Å². The van der Waals surface area contributed by atoms with Crippen molar-refractivity contribution in [2.75, 3.05) is 39.2 Å². The molecule has 1 aliphatic heterocycles. The van der Waals surface area contributed by atoms with Gasteiger partial charge < -0.3 is 23.9 Å². The lowest BCUT2D eigenvalue weighted by atomic mass is 9.98. The Bertz CT molecular complexity index is 1590. The second-order valence-corrected chi connectivity index (χ2v) is 10.0. The van der Waals surface area contributed by atoms with Gasteiger partial charge in [-0.2, -0.15) is 4.52 Å². The second kappa shape index (κ2) is 12.4.